The van der Waals surface area contributed by atoms with Gasteiger partial charge >= 0.3 is 0 Å². The fraction of sp³-hybridized carbons (Fsp3) is 0.353. The third kappa shape index (κ3) is 3.61. The Balaban J connectivity index is 2.03. The highest BCUT2D eigenvalue weighted by Crippen LogP contribution is 2.29. The molecule has 0 aliphatic heterocycles. The predicted molar refractivity (Wildman–Crippen MR) is 86.7 cm³/mol. The number of hydrogen-bond acceptors (Lipinski definition) is 3. The summed E-state index contributed by atoms with van der Waals surface area (Å²) < 4.78 is 12.6. The van der Waals surface area contributed by atoms with Crippen molar-refractivity contribution in [1.82, 2.24) is 4.57 Å². The van der Waals surface area contributed by atoms with Crippen molar-refractivity contribution in [3.05, 3.63) is 41.7 Å². The number of hydrogen-bond donors (Lipinski definition) is 1. The molecule has 0 spiro atoms. The van der Waals surface area contributed by atoms with Crippen LogP contribution in [0.3, 0.4) is 0 Å². The molecule has 1 heterocycles. The maximum Gasteiger partial charge on any atom is 0.226 e. The number of nitrogens with zero attached hydrogens (tertiary/aromatic N) is 1. The molecule has 0 unspecified atom stereocenters. The van der Waals surface area contributed by atoms with E-state index in [-0.39, 0.29) is 5.91 Å². The normalized spacial score (nSPS) is 10.4. The van der Waals surface area contributed by atoms with E-state index in [9.17, 15) is 4.79 Å². The third-order valence-corrected chi connectivity index (χ3v) is 3.66. The molecule has 2 aromatic rings. The largest absolute Gasteiger partial charge is 0.497 e. The first kappa shape index (κ1) is 15.9. The van der Waals surface area contributed by atoms with Gasteiger partial charge in [-0.3, -0.25) is 4.79 Å². The highest BCUT2D eigenvalue weighted by atomic mass is 16.5. The van der Waals surface area contributed by atoms with E-state index >= 15 is 0 Å². The average molecular weight is 302 g/mol. The summed E-state index contributed by atoms with van der Waals surface area (Å²) in [5, 5.41) is 2.88. The SMILES string of the molecule is COc1ccc(OC)c(NC(=O)CCn2c(C)ccc2C)c1. The average Bonchev–Trinajstić information content (AvgIpc) is 2.83. The smallest absolute Gasteiger partial charge is 0.226 e. The maximum atomic E-state index is 12.2. The molecular formula is C17H22N2O3. The van der Waals surface area contributed by atoms with Gasteiger partial charge in [0.25, 0.3) is 0 Å². The van der Waals surface area contributed by atoms with Crippen molar-refractivity contribution in [2.75, 3.05) is 19.5 Å². The Kier molecular flexibility index (Phi) is 5.09. The lowest BCUT2D eigenvalue weighted by molar-refractivity contribution is -0.116. The molecule has 0 saturated carbocycles. The van der Waals surface area contributed by atoms with Crippen LogP contribution in [0.2, 0.25) is 0 Å². The zero-order chi connectivity index (χ0) is 16.1. The first-order valence-electron chi connectivity index (χ1n) is 7.19. The summed E-state index contributed by atoms with van der Waals surface area (Å²) in [5.41, 5.74) is 2.93. The Morgan fingerprint density at radius 1 is 1.09 bits per heavy atom. The van der Waals surface area contributed by atoms with Crippen molar-refractivity contribution in [1.29, 1.82) is 0 Å². The molecular weight excluding hydrogens is 280 g/mol. The zero-order valence-electron chi connectivity index (χ0n) is 13.5. The summed E-state index contributed by atoms with van der Waals surface area (Å²) in [5.74, 6) is 1.23. The van der Waals surface area contributed by atoms with Crippen LogP contribution in [0.4, 0.5) is 5.69 Å². The number of nitrogens with one attached hydrogen (secondary N) is 1. The molecule has 1 amide bonds. The third-order valence-electron chi connectivity index (χ3n) is 3.66. The number of carbonyl (C=O) groups excluding carboxylic acids is 1. The fourth-order valence-corrected chi connectivity index (χ4v) is 2.39. The second kappa shape index (κ2) is 7.02. The molecule has 22 heavy (non-hydrogen) atoms. The van der Waals surface area contributed by atoms with Gasteiger partial charge in [0.1, 0.15) is 11.5 Å². The molecule has 5 heteroatoms. The molecule has 118 valence electrons. The minimum atomic E-state index is -0.0564. The lowest BCUT2D eigenvalue weighted by atomic mass is 10.2. The van der Waals surface area contributed by atoms with E-state index in [2.05, 4.69) is 22.0 Å². The van der Waals surface area contributed by atoms with E-state index in [0.29, 0.717) is 30.2 Å². The molecule has 1 aromatic carbocycles. The van der Waals surface area contributed by atoms with Crippen LogP contribution < -0.4 is 14.8 Å². The molecule has 1 aromatic heterocycles. The summed E-state index contributed by atoms with van der Waals surface area (Å²) >= 11 is 0. The zero-order valence-corrected chi connectivity index (χ0v) is 13.5. The number of anilines is 1. The Morgan fingerprint density at radius 3 is 2.36 bits per heavy atom. The van der Waals surface area contributed by atoms with Crippen LogP contribution in [0.5, 0.6) is 11.5 Å². The predicted octanol–water partition coefficient (Wildman–Crippen LogP) is 3.15. The van der Waals surface area contributed by atoms with E-state index in [0.717, 1.165) is 11.4 Å². The van der Waals surface area contributed by atoms with E-state index in [4.69, 9.17) is 9.47 Å². The van der Waals surface area contributed by atoms with Gasteiger partial charge in [-0.25, -0.2) is 0 Å². The summed E-state index contributed by atoms with van der Waals surface area (Å²) in [6, 6.07) is 9.43. The molecule has 0 aliphatic rings. The number of aromatic nitrogens is 1. The first-order chi connectivity index (χ1) is 10.5. The maximum absolute atomic E-state index is 12.2. The number of methoxy groups -OCH3 is 2. The fourth-order valence-electron chi connectivity index (χ4n) is 2.39. The highest BCUT2D eigenvalue weighted by Gasteiger charge is 2.10. The molecule has 0 bridgehead atoms. The molecule has 5 nitrogen and oxygen atoms in total. The minimum Gasteiger partial charge on any atom is -0.497 e. The van der Waals surface area contributed by atoms with Crippen LogP contribution >= 0.6 is 0 Å². The monoisotopic (exact) mass is 302 g/mol. The number of carbonyl (C=O) groups is 1. The molecule has 0 atom stereocenters. The van der Waals surface area contributed by atoms with Crippen LogP contribution in [0, 0.1) is 13.8 Å². The summed E-state index contributed by atoms with van der Waals surface area (Å²) in [4.78, 5) is 12.2. The second-order valence-electron chi connectivity index (χ2n) is 5.13. The van der Waals surface area contributed by atoms with Gasteiger partial charge in [0.05, 0.1) is 19.9 Å². The number of ether oxygens (including phenoxy) is 2. The van der Waals surface area contributed by atoms with Crippen molar-refractivity contribution in [2.45, 2.75) is 26.8 Å². The van der Waals surface area contributed by atoms with Crippen molar-refractivity contribution in [3.63, 3.8) is 0 Å². The molecule has 0 aliphatic carbocycles. The van der Waals surface area contributed by atoms with E-state index in [1.54, 1.807) is 32.4 Å². The first-order valence-corrected chi connectivity index (χ1v) is 7.19. The quantitative estimate of drug-likeness (QED) is 0.892. The Hall–Kier alpha value is -2.43. The van der Waals surface area contributed by atoms with Crippen molar-refractivity contribution in [3.8, 4) is 11.5 Å². The van der Waals surface area contributed by atoms with Crippen LogP contribution in [-0.4, -0.2) is 24.7 Å². The summed E-state index contributed by atoms with van der Waals surface area (Å²) in [7, 11) is 3.16. The lowest BCUT2D eigenvalue weighted by Crippen LogP contribution is -2.16. The molecule has 0 saturated heterocycles. The van der Waals surface area contributed by atoms with Crippen LogP contribution in [0.1, 0.15) is 17.8 Å². The summed E-state index contributed by atoms with van der Waals surface area (Å²) in [6.07, 6.45) is 0.400. The summed E-state index contributed by atoms with van der Waals surface area (Å²) in [6.45, 7) is 4.73. The van der Waals surface area contributed by atoms with Gasteiger partial charge in [-0.05, 0) is 38.1 Å². The van der Waals surface area contributed by atoms with Crippen LogP contribution in [0.15, 0.2) is 30.3 Å². The second-order valence-corrected chi connectivity index (χ2v) is 5.13. The van der Waals surface area contributed by atoms with E-state index in [1.165, 1.54) is 0 Å². The number of benzene rings is 1. The van der Waals surface area contributed by atoms with E-state index < -0.39 is 0 Å². The topological polar surface area (TPSA) is 52.5 Å². The van der Waals surface area contributed by atoms with Gasteiger partial charge in [0, 0.05) is 30.4 Å². The van der Waals surface area contributed by atoms with Crippen molar-refractivity contribution in [2.24, 2.45) is 0 Å². The molecule has 1 N–H and O–H groups in total. The van der Waals surface area contributed by atoms with E-state index in [1.807, 2.05) is 13.8 Å². The van der Waals surface area contributed by atoms with Crippen LogP contribution in [0.25, 0.3) is 0 Å². The van der Waals surface area contributed by atoms with Crippen molar-refractivity contribution < 1.29 is 14.3 Å². The van der Waals surface area contributed by atoms with Gasteiger partial charge in [-0.15, -0.1) is 0 Å². The Labute approximate surface area is 130 Å². The van der Waals surface area contributed by atoms with Gasteiger partial charge in [0.15, 0.2) is 0 Å². The lowest BCUT2D eigenvalue weighted by Gasteiger charge is -2.13. The van der Waals surface area contributed by atoms with Crippen molar-refractivity contribution >= 4 is 11.6 Å². The number of aryl methyl sites for hydroxylation is 2. The number of amides is 1. The van der Waals surface area contributed by atoms with Crippen LogP contribution in [-0.2, 0) is 11.3 Å². The van der Waals surface area contributed by atoms with Gasteiger partial charge in [-0.2, -0.15) is 0 Å². The Morgan fingerprint density at radius 2 is 1.77 bits per heavy atom. The standard InChI is InChI=1S/C17H22N2O3/c1-12-5-6-13(2)19(12)10-9-17(20)18-15-11-14(21-3)7-8-16(15)22-4/h5-8,11H,9-10H2,1-4H3,(H,18,20). The van der Waals surface area contributed by atoms with Gasteiger partial charge < -0.3 is 19.4 Å². The molecule has 0 radical (unpaired) electrons. The highest BCUT2D eigenvalue weighted by molar-refractivity contribution is 5.92. The Bertz CT molecular complexity index is 642. The van der Waals surface area contributed by atoms with Gasteiger partial charge in [0.2, 0.25) is 5.91 Å². The number of rotatable bonds is 6. The molecule has 0 fully saturated rings. The van der Waals surface area contributed by atoms with Gasteiger partial charge in [-0.1, -0.05) is 0 Å². The molecule has 2 rings (SSSR count). The minimum absolute atomic E-state index is 0.0564.